The molecule has 2 amide bonds. The summed E-state index contributed by atoms with van der Waals surface area (Å²) in [6.45, 7) is 11.2. The molecule has 200 valence electrons. The van der Waals surface area contributed by atoms with Crippen LogP contribution in [0.4, 0.5) is 19.3 Å². The highest BCUT2D eigenvalue weighted by Gasteiger charge is 2.48. The number of thioether (sulfide) groups is 1. The van der Waals surface area contributed by atoms with E-state index in [9.17, 15) is 14.0 Å². The second-order valence-electron chi connectivity index (χ2n) is 10.4. The lowest BCUT2D eigenvalue weighted by molar-refractivity contribution is 0.0560. The first-order valence-corrected chi connectivity index (χ1v) is 12.7. The Labute approximate surface area is 219 Å². The van der Waals surface area contributed by atoms with Crippen LogP contribution in [0.25, 0.3) is 0 Å². The Kier molecular flexibility index (Phi) is 8.28. The SMILES string of the molecule is CC(C)(C)OC(=O)NC1=N[C@](C)(c2cc(NC(=O)c3ccc(F)cn3)ccc2F)[C@H](CCN)SC1(C)C. The third kappa shape index (κ3) is 6.84. The van der Waals surface area contributed by atoms with Gasteiger partial charge in [-0.05, 0) is 84.8 Å². The molecule has 4 N–H and O–H groups in total. The molecule has 0 spiro atoms. The number of nitrogens with two attached hydrogens (primary N) is 1. The maximum Gasteiger partial charge on any atom is 0.413 e. The van der Waals surface area contributed by atoms with Gasteiger partial charge in [0.2, 0.25) is 0 Å². The third-order valence-electron chi connectivity index (χ3n) is 5.76. The quantitative estimate of drug-likeness (QED) is 0.498. The smallest absolute Gasteiger partial charge is 0.413 e. The van der Waals surface area contributed by atoms with Crippen LogP contribution in [0, 0.1) is 11.6 Å². The van der Waals surface area contributed by atoms with Crippen molar-refractivity contribution in [3.8, 4) is 0 Å². The molecule has 0 unspecified atom stereocenters. The number of aliphatic imine (C=N–C) groups is 1. The van der Waals surface area contributed by atoms with Gasteiger partial charge in [-0.2, -0.15) is 0 Å². The van der Waals surface area contributed by atoms with Gasteiger partial charge >= 0.3 is 6.09 Å². The largest absolute Gasteiger partial charge is 0.444 e. The molecule has 0 radical (unpaired) electrons. The maximum absolute atomic E-state index is 15.3. The number of nitrogens with one attached hydrogen (secondary N) is 2. The van der Waals surface area contributed by atoms with Gasteiger partial charge in [0.1, 0.15) is 28.8 Å². The first kappa shape index (κ1) is 28.5. The minimum Gasteiger partial charge on any atom is -0.444 e. The predicted octanol–water partition coefficient (Wildman–Crippen LogP) is 4.99. The van der Waals surface area contributed by atoms with Crippen LogP contribution >= 0.6 is 11.8 Å². The number of hydrogen-bond donors (Lipinski definition) is 3. The molecule has 3 rings (SSSR count). The Balaban J connectivity index is 2.01. The Bertz CT molecular complexity index is 1200. The van der Waals surface area contributed by atoms with Gasteiger partial charge in [-0.15, -0.1) is 11.8 Å². The number of anilines is 1. The lowest BCUT2D eigenvalue weighted by Gasteiger charge is -2.45. The summed E-state index contributed by atoms with van der Waals surface area (Å²) in [5, 5.41) is 5.19. The number of rotatable bonds is 5. The van der Waals surface area contributed by atoms with Crippen LogP contribution in [0.3, 0.4) is 0 Å². The summed E-state index contributed by atoms with van der Waals surface area (Å²) in [5.41, 5.74) is 4.61. The topological polar surface area (TPSA) is 119 Å². The standard InChI is InChI=1S/C26H33F2N5O3S/c1-24(2,3)36-23(35)32-22-25(4,5)37-20(11-12-29)26(6,33-22)17-13-16(8-9-18(17)28)31-21(34)19-10-7-15(27)14-30-19/h7-10,13-14,20H,11-12,29H2,1-6H3,(H,31,34)(H,32,33,35)/t20-,26+/m0/s1. The molecule has 1 aromatic heterocycles. The highest BCUT2D eigenvalue weighted by atomic mass is 32.2. The highest BCUT2D eigenvalue weighted by Crippen LogP contribution is 2.49. The zero-order chi connectivity index (χ0) is 27.6. The molecular weight excluding hydrogens is 500 g/mol. The van der Waals surface area contributed by atoms with Crippen LogP contribution in [0.1, 0.15) is 64.0 Å². The summed E-state index contributed by atoms with van der Waals surface area (Å²) in [5.74, 6) is -1.32. The monoisotopic (exact) mass is 533 g/mol. The van der Waals surface area contributed by atoms with Crippen molar-refractivity contribution in [1.82, 2.24) is 10.3 Å². The number of amidine groups is 1. The van der Waals surface area contributed by atoms with E-state index in [2.05, 4.69) is 15.6 Å². The highest BCUT2D eigenvalue weighted by molar-refractivity contribution is 8.02. The van der Waals surface area contributed by atoms with Gasteiger partial charge in [0, 0.05) is 16.5 Å². The molecule has 0 aliphatic carbocycles. The lowest BCUT2D eigenvalue weighted by atomic mass is 9.85. The molecule has 1 aromatic carbocycles. The number of carbonyl (C=O) groups is 2. The van der Waals surface area contributed by atoms with Gasteiger partial charge in [-0.1, -0.05) is 0 Å². The molecule has 2 heterocycles. The van der Waals surface area contributed by atoms with Gasteiger partial charge in [0.15, 0.2) is 0 Å². The van der Waals surface area contributed by atoms with E-state index in [1.165, 1.54) is 36.0 Å². The average Bonchev–Trinajstić information content (AvgIpc) is 2.77. The van der Waals surface area contributed by atoms with Crippen molar-refractivity contribution in [2.75, 3.05) is 11.9 Å². The first-order chi connectivity index (χ1) is 17.1. The van der Waals surface area contributed by atoms with E-state index in [4.69, 9.17) is 15.5 Å². The van der Waals surface area contributed by atoms with E-state index in [0.29, 0.717) is 24.5 Å². The van der Waals surface area contributed by atoms with Crippen LogP contribution in [-0.2, 0) is 10.3 Å². The van der Waals surface area contributed by atoms with E-state index in [1.54, 1.807) is 27.7 Å². The minimum atomic E-state index is -1.14. The van der Waals surface area contributed by atoms with Crippen LogP contribution in [-0.4, -0.2) is 45.0 Å². The van der Waals surface area contributed by atoms with Gasteiger partial charge in [0.05, 0.1) is 16.5 Å². The van der Waals surface area contributed by atoms with Crippen molar-refractivity contribution in [3.63, 3.8) is 0 Å². The molecule has 1 aliphatic heterocycles. The van der Waals surface area contributed by atoms with Crippen LogP contribution in [0.15, 0.2) is 41.5 Å². The molecule has 1 aliphatic rings. The average molecular weight is 534 g/mol. The van der Waals surface area contributed by atoms with Crippen molar-refractivity contribution < 1.29 is 23.1 Å². The first-order valence-electron chi connectivity index (χ1n) is 11.9. The molecule has 0 saturated heterocycles. The Hall–Kier alpha value is -3.05. The van der Waals surface area contributed by atoms with E-state index in [-0.39, 0.29) is 16.5 Å². The molecule has 2 atom stereocenters. The van der Waals surface area contributed by atoms with Gasteiger partial charge in [-0.3, -0.25) is 15.1 Å². The fraction of sp³-hybridized carbons (Fsp3) is 0.462. The van der Waals surface area contributed by atoms with Gasteiger partial charge < -0.3 is 15.8 Å². The third-order valence-corrected chi connectivity index (χ3v) is 7.52. The van der Waals surface area contributed by atoms with Crippen molar-refractivity contribution in [3.05, 3.63) is 59.4 Å². The van der Waals surface area contributed by atoms with E-state index < -0.39 is 39.5 Å². The Morgan fingerprint density at radius 1 is 1.14 bits per heavy atom. The number of aromatic nitrogens is 1. The number of pyridine rings is 1. The summed E-state index contributed by atoms with van der Waals surface area (Å²) in [6.07, 6.45) is 0.815. The fourth-order valence-corrected chi connectivity index (χ4v) is 5.55. The molecule has 11 heteroatoms. The summed E-state index contributed by atoms with van der Waals surface area (Å²) in [4.78, 5) is 33.8. The lowest BCUT2D eigenvalue weighted by Crippen LogP contribution is -2.53. The molecule has 8 nitrogen and oxygen atoms in total. The Morgan fingerprint density at radius 3 is 2.43 bits per heavy atom. The summed E-state index contributed by atoms with van der Waals surface area (Å²) in [6, 6.07) is 6.56. The van der Waals surface area contributed by atoms with Gasteiger partial charge in [-0.25, -0.2) is 18.6 Å². The maximum atomic E-state index is 15.3. The van der Waals surface area contributed by atoms with E-state index in [1.807, 2.05) is 13.8 Å². The second-order valence-corrected chi connectivity index (χ2v) is 12.3. The molecule has 0 saturated carbocycles. The molecule has 0 bridgehead atoms. The van der Waals surface area contributed by atoms with Gasteiger partial charge in [0.25, 0.3) is 5.91 Å². The zero-order valence-corrected chi connectivity index (χ0v) is 22.6. The number of nitrogens with zero attached hydrogens (tertiary/aromatic N) is 2. The fourth-order valence-electron chi connectivity index (χ4n) is 3.97. The Morgan fingerprint density at radius 2 is 1.84 bits per heavy atom. The van der Waals surface area contributed by atoms with Crippen LogP contribution < -0.4 is 16.4 Å². The summed E-state index contributed by atoms with van der Waals surface area (Å²) >= 11 is 1.53. The number of amides is 2. The normalized spacial score (nSPS) is 21.1. The summed E-state index contributed by atoms with van der Waals surface area (Å²) < 4.78 is 33.3. The van der Waals surface area contributed by atoms with Crippen molar-refractivity contribution >= 4 is 35.3 Å². The van der Waals surface area contributed by atoms with E-state index >= 15 is 4.39 Å². The number of benzene rings is 1. The molecule has 37 heavy (non-hydrogen) atoms. The number of hydrogen-bond acceptors (Lipinski definition) is 7. The van der Waals surface area contributed by atoms with Crippen LogP contribution in [0.5, 0.6) is 0 Å². The number of halogens is 2. The predicted molar refractivity (Wildman–Crippen MR) is 142 cm³/mol. The molecule has 2 aromatic rings. The van der Waals surface area contributed by atoms with Crippen molar-refractivity contribution in [1.29, 1.82) is 0 Å². The molecule has 0 fully saturated rings. The van der Waals surface area contributed by atoms with Crippen LogP contribution in [0.2, 0.25) is 0 Å². The minimum absolute atomic E-state index is 0.0105. The number of ether oxygens (including phenoxy) is 1. The number of carbonyl (C=O) groups excluding carboxylic acids is 2. The number of alkyl carbamates (subject to hydrolysis) is 1. The van der Waals surface area contributed by atoms with Crippen molar-refractivity contribution in [2.24, 2.45) is 10.7 Å². The van der Waals surface area contributed by atoms with Crippen molar-refractivity contribution in [2.45, 2.75) is 69.1 Å². The summed E-state index contributed by atoms with van der Waals surface area (Å²) in [7, 11) is 0. The molecular formula is C26H33F2N5O3S. The zero-order valence-electron chi connectivity index (χ0n) is 21.8. The second kappa shape index (κ2) is 10.7. The van der Waals surface area contributed by atoms with E-state index in [0.717, 1.165) is 12.3 Å².